The Hall–Kier alpha value is -1.13. The average molecular weight is 286 g/mol. The van der Waals surface area contributed by atoms with Crippen molar-refractivity contribution in [3.63, 3.8) is 0 Å². The fraction of sp³-hybridized carbons (Fsp3) is 0.833. The van der Waals surface area contributed by atoms with Crippen LogP contribution in [-0.2, 0) is 19.4 Å². The SMILES string of the molecule is N#CC1(C(=O)NCC2CCS(=O)(=O)C2)CCOCC1. The summed E-state index contributed by atoms with van der Waals surface area (Å²) in [5.41, 5.74) is -1.00. The molecule has 2 saturated heterocycles. The summed E-state index contributed by atoms with van der Waals surface area (Å²) >= 11 is 0. The van der Waals surface area contributed by atoms with Gasteiger partial charge in [-0.25, -0.2) is 8.42 Å². The van der Waals surface area contributed by atoms with Crippen molar-refractivity contribution in [2.24, 2.45) is 11.3 Å². The Kier molecular flexibility index (Phi) is 4.11. The largest absolute Gasteiger partial charge is 0.381 e. The highest BCUT2D eigenvalue weighted by atomic mass is 32.2. The van der Waals surface area contributed by atoms with Gasteiger partial charge >= 0.3 is 0 Å². The van der Waals surface area contributed by atoms with Crippen LogP contribution in [-0.4, -0.2) is 45.6 Å². The Morgan fingerprint density at radius 3 is 2.63 bits per heavy atom. The number of hydrogen-bond donors (Lipinski definition) is 1. The van der Waals surface area contributed by atoms with Crippen LogP contribution in [0.15, 0.2) is 0 Å². The normalized spacial score (nSPS) is 28.5. The van der Waals surface area contributed by atoms with Gasteiger partial charge in [-0.15, -0.1) is 0 Å². The molecule has 19 heavy (non-hydrogen) atoms. The first kappa shape index (κ1) is 14.3. The molecule has 2 aliphatic heterocycles. The highest BCUT2D eigenvalue weighted by molar-refractivity contribution is 7.91. The van der Waals surface area contributed by atoms with Crippen molar-refractivity contribution < 1.29 is 17.9 Å². The zero-order valence-electron chi connectivity index (χ0n) is 10.7. The minimum Gasteiger partial charge on any atom is -0.381 e. The van der Waals surface area contributed by atoms with E-state index in [1.165, 1.54) is 0 Å². The standard InChI is InChI=1S/C12H18N2O4S/c13-9-12(2-4-18-5-3-12)11(15)14-7-10-1-6-19(16,17)8-10/h10H,1-8H2,(H,14,15). The molecule has 7 heteroatoms. The molecule has 106 valence electrons. The summed E-state index contributed by atoms with van der Waals surface area (Å²) in [6, 6.07) is 2.10. The monoisotopic (exact) mass is 286 g/mol. The lowest BCUT2D eigenvalue weighted by atomic mass is 9.81. The van der Waals surface area contributed by atoms with Crippen molar-refractivity contribution in [3.05, 3.63) is 0 Å². The van der Waals surface area contributed by atoms with Crippen LogP contribution in [0.4, 0.5) is 0 Å². The van der Waals surface area contributed by atoms with Gasteiger partial charge in [0.15, 0.2) is 9.84 Å². The lowest BCUT2D eigenvalue weighted by Gasteiger charge is -2.29. The molecular weight excluding hydrogens is 268 g/mol. The van der Waals surface area contributed by atoms with Crippen molar-refractivity contribution in [3.8, 4) is 6.07 Å². The summed E-state index contributed by atoms with van der Waals surface area (Å²) < 4.78 is 27.8. The van der Waals surface area contributed by atoms with Crippen molar-refractivity contribution in [2.45, 2.75) is 19.3 Å². The molecule has 0 aromatic carbocycles. The first-order valence-corrected chi connectivity index (χ1v) is 8.27. The fourth-order valence-electron chi connectivity index (χ4n) is 2.55. The molecule has 0 bridgehead atoms. The van der Waals surface area contributed by atoms with Crippen LogP contribution in [0.5, 0.6) is 0 Å². The molecule has 1 unspecified atom stereocenters. The van der Waals surface area contributed by atoms with Gasteiger partial charge in [-0.2, -0.15) is 5.26 Å². The van der Waals surface area contributed by atoms with E-state index in [1.54, 1.807) is 0 Å². The highest BCUT2D eigenvalue weighted by Crippen LogP contribution is 2.30. The first-order valence-electron chi connectivity index (χ1n) is 6.45. The molecule has 1 N–H and O–H groups in total. The zero-order chi connectivity index (χ0) is 13.9. The van der Waals surface area contributed by atoms with Gasteiger partial charge in [-0.05, 0) is 25.2 Å². The Balaban J connectivity index is 1.89. The molecule has 1 atom stereocenters. The quantitative estimate of drug-likeness (QED) is 0.779. The number of carbonyl (C=O) groups excluding carboxylic acids is 1. The third-order valence-corrected chi connectivity index (χ3v) is 5.71. The predicted octanol–water partition coefficient (Wildman–Crippen LogP) is -0.142. The Morgan fingerprint density at radius 1 is 1.42 bits per heavy atom. The Labute approximate surface area is 113 Å². The molecule has 0 aromatic rings. The number of nitriles is 1. The van der Waals surface area contributed by atoms with E-state index in [4.69, 9.17) is 4.74 Å². The van der Waals surface area contributed by atoms with E-state index < -0.39 is 15.3 Å². The summed E-state index contributed by atoms with van der Waals surface area (Å²) in [7, 11) is -2.93. The summed E-state index contributed by atoms with van der Waals surface area (Å²) in [6.45, 7) is 1.17. The van der Waals surface area contributed by atoms with Gasteiger partial charge in [-0.1, -0.05) is 0 Å². The second-order valence-electron chi connectivity index (χ2n) is 5.29. The third kappa shape index (κ3) is 3.25. The van der Waals surface area contributed by atoms with E-state index >= 15 is 0 Å². The summed E-state index contributed by atoms with van der Waals surface area (Å²) in [5, 5.41) is 12.0. The van der Waals surface area contributed by atoms with E-state index in [0.29, 0.717) is 39.0 Å². The van der Waals surface area contributed by atoms with E-state index in [2.05, 4.69) is 11.4 Å². The number of nitrogens with zero attached hydrogens (tertiary/aromatic N) is 1. The average Bonchev–Trinajstić information content (AvgIpc) is 2.76. The predicted molar refractivity (Wildman–Crippen MR) is 67.9 cm³/mol. The number of carbonyl (C=O) groups is 1. The summed E-state index contributed by atoms with van der Waals surface area (Å²) in [4.78, 5) is 12.1. The molecule has 2 fully saturated rings. The van der Waals surface area contributed by atoms with E-state index in [9.17, 15) is 18.5 Å². The van der Waals surface area contributed by atoms with Gasteiger partial charge in [0.2, 0.25) is 5.91 Å². The van der Waals surface area contributed by atoms with Crippen LogP contribution in [0, 0.1) is 22.7 Å². The fourth-order valence-corrected chi connectivity index (χ4v) is 4.41. The lowest BCUT2D eigenvalue weighted by Crippen LogP contribution is -2.45. The molecule has 0 aromatic heterocycles. The summed E-state index contributed by atoms with van der Waals surface area (Å²) in [6.07, 6.45) is 1.39. The maximum absolute atomic E-state index is 12.1. The molecule has 1 amide bonds. The molecule has 2 heterocycles. The Bertz CT molecular complexity index is 488. The molecule has 2 aliphatic rings. The van der Waals surface area contributed by atoms with Crippen LogP contribution >= 0.6 is 0 Å². The molecule has 0 spiro atoms. The van der Waals surface area contributed by atoms with Gasteiger partial charge in [-0.3, -0.25) is 4.79 Å². The van der Waals surface area contributed by atoms with E-state index in [0.717, 1.165) is 0 Å². The molecular formula is C12H18N2O4S. The van der Waals surface area contributed by atoms with Gasteiger partial charge in [0.1, 0.15) is 5.41 Å². The van der Waals surface area contributed by atoms with Crippen molar-refractivity contribution in [2.75, 3.05) is 31.3 Å². The summed E-state index contributed by atoms with van der Waals surface area (Å²) in [5.74, 6) is 0.0212. The molecule has 0 radical (unpaired) electrons. The third-order valence-electron chi connectivity index (χ3n) is 3.87. The van der Waals surface area contributed by atoms with Crippen LogP contribution in [0.3, 0.4) is 0 Å². The topological polar surface area (TPSA) is 96.3 Å². The number of rotatable bonds is 3. The van der Waals surface area contributed by atoms with Gasteiger partial charge in [0.25, 0.3) is 0 Å². The zero-order valence-corrected chi connectivity index (χ0v) is 11.5. The van der Waals surface area contributed by atoms with Crippen molar-refractivity contribution >= 4 is 15.7 Å². The second-order valence-corrected chi connectivity index (χ2v) is 7.51. The van der Waals surface area contributed by atoms with E-state index in [-0.39, 0.29) is 23.3 Å². The smallest absolute Gasteiger partial charge is 0.240 e. The second kappa shape index (κ2) is 5.47. The lowest BCUT2D eigenvalue weighted by molar-refractivity contribution is -0.132. The first-order chi connectivity index (χ1) is 8.97. The minimum absolute atomic E-state index is 0.0236. The van der Waals surface area contributed by atoms with Crippen LogP contribution in [0.25, 0.3) is 0 Å². The number of nitrogens with one attached hydrogen (secondary N) is 1. The van der Waals surface area contributed by atoms with Gasteiger partial charge < -0.3 is 10.1 Å². The maximum atomic E-state index is 12.1. The van der Waals surface area contributed by atoms with Gasteiger partial charge in [0, 0.05) is 19.8 Å². The van der Waals surface area contributed by atoms with E-state index in [1.807, 2.05) is 0 Å². The molecule has 0 saturated carbocycles. The van der Waals surface area contributed by atoms with Gasteiger partial charge in [0.05, 0.1) is 17.6 Å². The molecule has 6 nitrogen and oxygen atoms in total. The van der Waals surface area contributed by atoms with Crippen LogP contribution in [0.1, 0.15) is 19.3 Å². The number of amides is 1. The van der Waals surface area contributed by atoms with Crippen LogP contribution in [0.2, 0.25) is 0 Å². The number of ether oxygens (including phenoxy) is 1. The molecule has 0 aliphatic carbocycles. The Morgan fingerprint density at radius 2 is 2.11 bits per heavy atom. The van der Waals surface area contributed by atoms with Crippen molar-refractivity contribution in [1.82, 2.24) is 5.32 Å². The highest BCUT2D eigenvalue weighted by Gasteiger charge is 2.40. The maximum Gasteiger partial charge on any atom is 0.240 e. The minimum atomic E-state index is -2.93. The number of hydrogen-bond acceptors (Lipinski definition) is 5. The van der Waals surface area contributed by atoms with Crippen molar-refractivity contribution in [1.29, 1.82) is 5.26 Å². The van der Waals surface area contributed by atoms with Crippen LogP contribution < -0.4 is 5.32 Å². The number of sulfone groups is 1. The molecule has 2 rings (SSSR count).